The largest absolute Gasteiger partial charge is 0.484 e. The van der Waals surface area contributed by atoms with Crippen molar-refractivity contribution in [2.45, 2.75) is 13.0 Å². The van der Waals surface area contributed by atoms with Crippen LogP contribution in [0.1, 0.15) is 11.1 Å². The van der Waals surface area contributed by atoms with Gasteiger partial charge in [0.15, 0.2) is 12.6 Å². The fourth-order valence-electron chi connectivity index (χ4n) is 2.99. The topological polar surface area (TPSA) is 83.8 Å². The highest BCUT2D eigenvalue weighted by atomic mass is 127. The highest BCUT2D eigenvalue weighted by Crippen LogP contribution is 2.13. The Morgan fingerprint density at radius 2 is 1.88 bits per heavy atom. The normalized spacial score (nSPS) is 10.8. The van der Waals surface area contributed by atoms with Crippen molar-refractivity contribution in [2.24, 2.45) is 4.99 Å². The van der Waals surface area contributed by atoms with Crippen LogP contribution < -0.4 is 15.4 Å². The Hall–Kier alpha value is -3.08. The lowest BCUT2D eigenvalue weighted by atomic mass is 10.1. The number of benzene rings is 2. The van der Waals surface area contributed by atoms with Crippen LogP contribution in [0.4, 0.5) is 0 Å². The Morgan fingerprint density at radius 1 is 1.09 bits per heavy atom. The third kappa shape index (κ3) is 8.41. The number of carbonyl (C=O) groups excluding carboxylic acids is 1. The van der Waals surface area contributed by atoms with E-state index in [2.05, 4.69) is 45.0 Å². The van der Waals surface area contributed by atoms with Gasteiger partial charge < -0.3 is 20.3 Å². The second kappa shape index (κ2) is 13.5. The standard InChI is InChI=1S/C24H30N6O2.HI/c1-25-24(26-14-12-19-8-10-21(11-9-19)30-15-5-13-28-30)27-17-20-6-4-7-22(16-20)32-18-23(31)29(2)3;/h4-11,13,15-16H,12,14,17-18H2,1-3H3,(H2,25,26,27);1H. The number of likely N-dealkylation sites (N-methyl/N-ethyl adjacent to an activating group) is 1. The fourth-order valence-corrected chi connectivity index (χ4v) is 2.99. The van der Waals surface area contributed by atoms with Crippen LogP contribution in [0.5, 0.6) is 5.75 Å². The van der Waals surface area contributed by atoms with Gasteiger partial charge in [-0.05, 0) is 47.9 Å². The predicted molar refractivity (Wildman–Crippen MR) is 142 cm³/mol. The van der Waals surface area contributed by atoms with Crippen LogP contribution in [0, 0.1) is 0 Å². The smallest absolute Gasteiger partial charge is 0.259 e. The number of rotatable bonds is 9. The van der Waals surface area contributed by atoms with Gasteiger partial charge in [0, 0.05) is 46.6 Å². The van der Waals surface area contributed by atoms with Crippen LogP contribution in [0.25, 0.3) is 5.69 Å². The van der Waals surface area contributed by atoms with E-state index in [1.54, 1.807) is 27.3 Å². The van der Waals surface area contributed by atoms with Crippen molar-refractivity contribution in [3.05, 3.63) is 78.1 Å². The Kier molecular flexibility index (Phi) is 10.7. The Labute approximate surface area is 212 Å². The molecule has 0 saturated heterocycles. The molecule has 0 saturated carbocycles. The van der Waals surface area contributed by atoms with Crippen LogP contribution in [-0.2, 0) is 17.8 Å². The van der Waals surface area contributed by atoms with Crippen molar-refractivity contribution >= 4 is 35.8 Å². The lowest BCUT2D eigenvalue weighted by molar-refractivity contribution is -0.130. The molecular formula is C24H31IN6O2. The van der Waals surface area contributed by atoms with E-state index in [1.807, 2.05) is 41.2 Å². The molecule has 0 bridgehead atoms. The molecule has 0 aliphatic heterocycles. The molecule has 0 aliphatic carbocycles. The number of nitrogens with zero attached hydrogens (tertiary/aromatic N) is 4. The molecule has 3 rings (SSSR count). The summed E-state index contributed by atoms with van der Waals surface area (Å²) < 4.78 is 7.42. The van der Waals surface area contributed by atoms with E-state index >= 15 is 0 Å². The third-order valence-corrected chi connectivity index (χ3v) is 4.85. The van der Waals surface area contributed by atoms with Gasteiger partial charge >= 0.3 is 0 Å². The van der Waals surface area contributed by atoms with E-state index in [0.29, 0.717) is 12.3 Å². The summed E-state index contributed by atoms with van der Waals surface area (Å²) >= 11 is 0. The summed E-state index contributed by atoms with van der Waals surface area (Å²) in [4.78, 5) is 17.5. The highest BCUT2D eigenvalue weighted by molar-refractivity contribution is 14.0. The summed E-state index contributed by atoms with van der Waals surface area (Å²) in [6.45, 7) is 1.38. The second-order valence-corrected chi connectivity index (χ2v) is 7.44. The van der Waals surface area contributed by atoms with Gasteiger partial charge in [0.25, 0.3) is 5.91 Å². The molecule has 9 heteroatoms. The molecule has 0 radical (unpaired) electrons. The van der Waals surface area contributed by atoms with Crippen LogP contribution >= 0.6 is 24.0 Å². The van der Waals surface area contributed by atoms with E-state index in [4.69, 9.17) is 4.74 Å². The zero-order chi connectivity index (χ0) is 22.8. The fraction of sp³-hybridized carbons (Fsp3) is 0.292. The molecule has 0 unspecified atom stereocenters. The molecule has 2 N–H and O–H groups in total. The number of halogens is 1. The van der Waals surface area contributed by atoms with Crippen molar-refractivity contribution in [2.75, 3.05) is 34.3 Å². The average Bonchev–Trinajstić information content (AvgIpc) is 3.35. The molecule has 3 aromatic rings. The van der Waals surface area contributed by atoms with Crippen molar-refractivity contribution in [1.82, 2.24) is 25.3 Å². The quantitative estimate of drug-likeness (QED) is 0.238. The molecule has 1 heterocycles. The van der Waals surface area contributed by atoms with Gasteiger partial charge in [-0.15, -0.1) is 24.0 Å². The predicted octanol–water partition coefficient (Wildman–Crippen LogP) is 2.87. The number of ether oxygens (including phenoxy) is 1. The first-order chi connectivity index (χ1) is 15.5. The molecular weight excluding hydrogens is 531 g/mol. The minimum atomic E-state index is -0.0749. The molecule has 1 aromatic heterocycles. The lowest BCUT2D eigenvalue weighted by Crippen LogP contribution is -2.37. The van der Waals surface area contributed by atoms with E-state index in [0.717, 1.165) is 30.2 Å². The molecule has 0 aliphatic rings. The molecule has 1 amide bonds. The molecule has 8 nitrogen and oxygen atoms in total. The van der Waals surface area contributed by atoms with Crippen molar-refractivity contribution < 1.29 is 9.53 Å². The van der Waals surface area contributed by atoms with Crippen LogP contribution in [0.3, 0.4) is 0 Å². The van der Waals surface area contributed by atoms with E-state index in [1.165, 1.54) is 10.5 Å². The second-order valence-electron chi connectivity index (χ2n) is 7.44. The van der Waals surface area contributed by atoms with Crippen LogP contribution in [-0.4, -0.2) is 60.8 Å². The van der Waals surface area contributed by atoms with Gasteiger partial charge in [0.2, 0.25) is 0 Å². The first-order valence-corrected chi connectivity index (χ1v) is 10.5. The van der Waals surface area contributed by atoms with Gasteiger partial charge in [-0.3, -0.25) is 9.79 Å². The van der Waals surface area contributed by atoms with Crippen molar-refractivity contribution in [3.63, 3.8) is 0 Å². The molecule has 2 aromatic carbocycles. The minimum absolute atomic E-state index is 0. The first kappa shape index (κ1) is 26.2. The zero-order valence-corrected chi connectivity index (χ0v) is 21.5. The number of guanidine groups is 1. The molecule has 0 atom stereocenters. The Balaban J connectivity index is 0.00000385. The average molecular weight is 562 g/mol. The van der Waals surface area contributed by atoms with E-state index < -0.39 is 0 Å². The Bertz CT molecular complexity index is 1020. The summed E-state index contributed by atoms with van der Waals surface area (Å²) in [5.74, 6) is 1.32. The monoisotopic (exact) mass is 562 g/mol. The summed E-state index contributed by atoms with van der Waals surface area (Å²) in [7, 11) is 5.17. The van der Waals surface area contributed by atoms with Crippen molar-refractivity contribution in [1.29, 1.82) is 0 Å². The number of amides is 1. The van der Waals surface area contributed by atoms with Gasteiger partial charge in [0.05, 0.1) is 5.69 Å². The summed E-state index contributed by atoms with van der Waals surface area (Å²) in [5, 5.41) is 10.9. The van der Waals surface area contributed by atoms with Crippen LogP contribution in [0.15, 0.2) is 72.0 Å². The van der Waals surface area contributed by atoms with Gasteiger partial charge in [-0.2, -0.15) is 5.10 Å². The number of aliphatic imine (C=N–C) groups is 1. The maximum absolute atomic E-state index is 11.7. The van der Waals surface area contributed by atoms with Gasteiger partial charge in [0.1, 0.15) is 5.75 Å². The molecule has 176 valence electrons. The van der Waals surface area contributed by atoms with Gasteiger partial charge in [-0.1, -0.05) is 24.3 Å². The molecule has 0 spiro atoms. The Morgan fingerprint density at radius 3 is 2.55 bits per heavy atom. The minimum Gasteiger partial charge on any atom is -0.484 e. The number of carbonyl (C=O) groups is 1. The number of hydrogen-bond donors (Lipinski definition) is 2. The maximum Gasteiger partial charge on any atom is 0.259 e. The SMILES string of the molecule is CN=C(NCCc1ccc(-n2cccn2)cc1)NCc1cccc(OCC(=O)N(C)C)c1.I. The van der Waals surface area contributed by atoms with Crippen molar-refractivity contribution in [3.8, 4) is 11.4 Å². The third-order valence-electron chi connectivity index (χ3n) is 4.85. The lowest BCUT2D eigenvalue weighted by Gasteiger charge is -2.14. The van der Waals surface area contributed by atoms with E-state index in [9.17, 15) is 4.79 Å². The number of aromatic nitrogens is 2. The summed E-state index contributed by atoms with van der Waals surface area (Å²) in [6, 6.07) is 17.9. The number of hydrogen-bond acceptors (Lipinski definition) is 4. The first-order valence-electron chi connectivity index (χ1n) is 10.5. The molecule has 33 heavy (non-hydrogen) atoms. The summed E-state index contributed by atoms with van der Waals surface area (Å²) in [5.41, 5.74) is 3.32. The zero-order valence-electron chi connectivity index (χ0n) is 19.2. The maximum atomic E-state index is 11.7. The number of nitrogens with one attached hydrogen (secondary N) is 2. The van der Waals surface area contributed by atoms with Gasteiger partial charge in [-0.25, -0.2) is 4.68 Å². The summed E-state index contributed by atoms with van der Waals surface area (Å²) in [6.07, 6.45) is 4.58. The van der Waals surface area contributed by atoms with E-state index in [-0.39, 0.29) is 36.5 Å². The van der Waals surface area contributed by atoms with Crippen LogP contribution in [0.2, 0.25) is 0 Å². The molecule has 0 fully saturated rings. The highest BCUT2D eigenvalue weighted by Gasteiger charge is 2.06.